The Morgan fingerprint density at radius 3 is 2.44 bits per heavy atom. The third kappa shape index (κ3) is 2.33. The van der Waals surface area contributed by atoms with Gasteiger partial charge in [-0.25, -0.2) is 8.78 Å². The molecule has 18 heavy (non-hydrogen) atoms. The second kappa shape index (κ2) is 5.14. The second-order valence-electron chi connectivity index (χ2n) is 3.82. The van der Waals surface area contributed by atoms with Gasteiger partial charge in [-0.2, -0.15) is 0 Å². The summed E-state index contributed by atoms with van der Waals surface area (Å²) in [5, 5.41) is 10.1. The Labute approximate surface area is 103 Å². The van der Waals surface area contributed by atoms with Crippen molar-refractivity contribution in [2.75, 3.05) is 7.11 Å². The molecule has 1 atom stereocenters. The standard InChI is InChI=1S/C14H12F2O2/c1-18-13-8-9(6-7-12(13)16)14(17)10-4-2-3-5-11(10)15/h2-8,14,17H,1H3. The van der Waals surface area contributed by atoms with Crippen LogP contribution in [0.25, 0.3) is 0 Å². The van der Waals surface area contributed by atoms with Crippen LogP contribution in [0.2, 0.25) is 0 Å². The van der Waals surface area contributed by atoms with E-state index in [2.05, 4.69) is 0 Å². The highest BCUT2D eigenvalue weighted by Gasteiger charge is 2.16. The lowest BCUT2D eigenvalue weighted by Crippen LogP contribution is -2.03. The first-order valence-electron chi connectivity index (χ1n) is 5.39. The molecule has 2 aromatic rings. The number of ether oxygens (including phenoxy) is 1. The summed E-state index contributed by atoms with van der Waals surface area (Å²) < 4.78 is 31.6. The van der Waals surface area contributed by atoms with Gasteiger partial charge in [-0.3, -0.25) is 0 Å². The third-order valence-electron chi connectivity index (χ3n) is 2.69. The van der Waals surface area contributed by atoms with Crippen molar-refractivity contribution in [3.8, 4) is 5.75 Å². The van der Waals surface area contributed by atoms with Gasteiger partial charge >= 0.3 is 0 Å². The monoisotopic (exact) mass is 250 g/mol. The van der Waals surface area contributed by atoms with Crippen LogP contribution < -0.4 is 4.74 Å². The molecule has 0 amide bonds. The van der Waals surface area contributed by atoms with Crippen LogP contribution in [-0.2, 0) is 0 Å². The summed E-state index contributed by atoms with van der Waals surface area (Å²) in [6.07, 6.45) is -1.15. The molecule has 1 unspecified atom stereocenters. The zero-order valence-corrected chi connectivity index (χ0v) is 9.73. The highest BCUT2D eigenvalue weighted by Crippen LogP contribution is 2.28. The van der Waals surface area contributed by atoms with E-state index in [0.717, 1.165) is 0 Å². The molecule has 0 fully saturated rings. The van der Waals surface area contributed by atoms with Crippen LogP contribution in [0.5, 0.6) is 5.75 Å². The van der Waals surface area contributed by atoms with Crippen molar-refractivity contribution in [1.82, 2.24) is 0 Å². The molecule has 0 aliphatic heterocycles. The molecule has 0 saturated carbocycles. The zero-order chi connectivity index (χ0) is 13.1. The molecule has 0 saturated heterocycles. The van der Waals surface area contributed by atoms with Gasteiger partial charge in [0.25, 0.3) is 0 Å². The molecule has 0 heterocycles. The van der Waals surface area contributed by atoms with Gasteiger partial charge in [-0.15, -0.1) is 0 Å². The number of benzene rings is 2. The molecule has 4 heteroatoms. The minimum atomic E-state index is -1.15. The topological polar surface area (TPSA) is 29.5 Å². The van der Waals surface area contributed by atoms with E-state index in [1.165, 1.54) is 43.5 Å². The van der Waals surface area contributed by atoms with Crippen molar-refractivity contribution in [3.05, 3.63) is 65.2 Å². The van der Waals surface area contributed by atoms with Crippen LogP contribution in [-0.4, -0.2) is 12.2 Å². The highest BCUT2D eigenvalue weighted by molar-refractivity contribution is 5.36. The van der Waals surface area contributed by atoms with Crippen LogP contribution in [0.4, 0.5) is 8.78 Å². The Morgan fingerprint density at radius 2 is 1.78 bits per heavy atom. The lowest BCUT2D eigenvalue weighted by atomic mass is 10.0. The van der Waals surface area contributed by atoms with Crippen LogP contribution >= 0.6 is 0 Å². The lowest BCUT2D eigenvalue weighted by Gasteiger charge is -2.13. The summed E-state index contributed by atoms with van der Waals surface area (Å²) >= 11 is 0. The maximum atomic E-state index is 13.5. The Balaban J connectivity index is 2.40. The largest absolute Gasteiger partial charge is 0.494 e. The summed E-state index contributed by atoms with van der Waals surface area (Å²) in [6.45, 7) is 0. The zero-order valence-electron chi connectivity index (χ0n) is 9.73. The van der Waals surface area contributed by atoms with E-state index >= 15 is 0 Å². The average molecular weight is 250 g/mol. The van der Waals surface area contributed by atoms with Gasteiger partial charge in [-0.05, 0) is 23.8 Å². The van der Waals surface area contributed by atoms with Gasteiger partial charge in [0.15, 0.2) is 11.6 Å². The van der Waals surface area contributed by atoms with Crippen molar-refractivity contribution in [2.24, 2.45) is 0 Å². The molecule has 0 aliphatic rings. The summed E-state index contributed by atoms with van der Waals surface area (Å²) in [6, 6.07) is 9.84. The molecule has 2 rings (SSSR count). The molecule has 0 aromatic heterocycles. The molecule has 0 aliphatic carbocycles. The Kier molecular flexibility index (Phi) is 3.58. The van der Waals surface area contributed by atoms with Crippen molar-refractivity contribution >= 4 is 0 Å². The van der Waals surface area contributed by atoms with Crippen LogP contribution in [0.15, 0.2) is 42.5 Å². The first kappa shape index (κ1) is 12.5. The summed E-state index contributed by atoms with van der Waals surface area (Å²) in [7, 11) is 1.33. The predicted molar refractivity (Wildman–Crippen MR) is 63.4 cm³/mol. The number of methoxy groups -OCH3 is 1. The molecule has 1 N–H and O–H groups in total. The van der Waals surface area contributed by atoms with Gasteiger partial charge < -0.3 is 9.84 Å². The van der Waals surface area contributed by atoms with Gasteiger partial charge in [0, 0.05) is 5.56 Å². The van der Waals surface area contributed by atoms with E-state index in [-0.39, 0.29) is 11.3 Å². The first-order chi connectivity index (χ1) is 8.63. The fourth-order valence-electron chi connectivity index (χ4n) is 1.72. The number of aliphatic hydroxyl groups excluding tert-OH is 1. The van der Waals surface area contributed by atoms with Crippen LogP contribution in [0.1, 0.15) is 17.2 Å². The Bertz CT molecular complexity index is 555. The molecular formula is C14H12F2O2. The summed E-state index contributed by atoms with van der Waals surface area (Å²) in [5.74, 6) is -1.02. The van der Waals surface area contributed by atoms with E-state index in [1.807, 2.05) is 0 Å². The summed E-state index contributed by atoms with van der Waals surface area (Å²) in [5.41, 5.74) is 0.518. The molecule has 2 aromatic carbocycles. The molecular weight excluding hydrogens is 238 g/mol. The van der Waals surface area contributed by atoms with Crippen LogP contribution in [0, 0.1) is 11.6 Å². The normalized spacial score (nSPS) is 12.2. The molecule has 2 nitrogen and oxygen atoms in total. The number of hydrogen-bond acceptors (Lipinski definition) is 2. The van der Waals surface area contributed by atoms with E-state index in [4.69, 9.17) is 4.74 Å². The average Bonchev–Trinajstić information content (AvgIpc) is 2.39. The van der Waals surface area contributed by atoms with Gasteiger partial charge in [-0.1, -0.05) is 24.3 Å². The molecule has 94 valence electrons. The van der Waals surface area contributed by atoms with Crippen molar-refractivity contribution in [1.29, 1.82) is 0 Å². The van der Waals surface area contributed by atoms with E-state index < -0.39 is 17.7 Å². The molecule has 0 radical (unpaired) electrons. The number of aliphatic hydroxyl groups is 1. The maximum absolute atomic E-state index is 13.5. The predicted octanol–water partition coefficient (Wildman–Crippen LogP) is 3.06. The fraction of sp³-hybridized carbons (Fsp3) is 0.143. The third-order valence-corrected chi connectivity index (χ3v) is 2.69. The number of rotatable bonds is 3. The molecule has 0 spiro atoms. The maximum Gasteiger partial charge on any atom is 0.165 e. The molecule has 0 bridgehead atoms. The van der Waals surface area contributed by atoms with Crippen molar-refractivity contribution in [3.63, 3.8) is 0 Å². The van der Waals surface area contributed by atoms with Crippen molar-refractivity contribution in [2.45, 2.75) is 6.10 Å². The van der Waals surface area contributed by atoms with E-state index in [0.29, 0.717) is 5.56 Å². The van der Waals surface area contributed by atoms with Gasteiger partial charge in [0.05, 0.1) is 7.11 Å². The van der Waals surface area contributed by atoms with Crippen LogP contribution in [0.3, 0.4) is 0 Å². The SMILES string of the molecule is COc1cc(C(O)c2ccccc2F)ccc1F. The lowest BCUT2D eigenvalue weighted by molar-refractivity contribution is 0.214. The fourth-order valence-corrected chi connectivity index (χ4v) is 1.72. The first-order valence-corrected chi connectivity index (χ1v) is 5.39. The highest BCUT2D eigenvalue weighted by atomic mass is 19.1. The van der Waals surface area contributed by atoms with Gasteiger partial charge in [0.2, 0.25) is 0 Å². The Morgan fingerprint density at radius 1 is 1.06 bits per heavy atom. The quantitative estimate of drug-likeness (QED) is 0.907. The minimum absolute atomic E-state index is 0.0166. The summed E-state index contributed by atoms with van der Waals surface area (Å²) in [4.78, 5) is 0. The Hall–Kier alpha value is -1.94. The van der Waals surface area contributed by atoms with E-state index in [1.54, 1.807) is 6.07 Å². The van der Waals surface area contributed by atoms with E-state index in [9.17, 15) is 13.9 Å². The smallest absolute Gasteiger partial charge is 0.165 e. The van der Waals surface area contributed by atoms with Crippen molar-refractivity contribution < 1.29 is 18.6 Å². The number of halogens is 2. The second-order valence-corrected chi connectivity index (χ2v) is 3.82. The van der Waals surface area contributed by atoms with Gasteiger partial charge in [0.1, 0.15) is 11.9 Å². The number of hydrogen-bond donors (Lipinski definition) is 1. The minimum Gasteiger partial charge on any atom is -0.494 e.